The zero-order chi connectivity index (χ0) is 11.9. The molecule has 0 saturated heterocycles. The number of hydrogen-bond donors (Lipinski definition) is 0. The number of halogens is 3. The topological polar surface area (TPSA) is 34.4 Å². The summed E-state index contributed by atoms with van der Waals surface area (Å²) in [5, 5.41) is -0.880. The molecule has 7 heteroatoms. The molecule has 0 fully saturated rings. The lowest BCUT2D eigenvalue weighted by atomic mass is 9.99. The lowest BCUT2D eigenvalue weighted by Gasteiger charge is -2.00. The molecule has 0 bridgehead atoms. The lowest BCUT2D eigenvalue weighted by molar-refractivity contribution is 0.107. The summed E-state index contributed by atoms with van der Waals surface area (Å²) in [5.74, 6) is -0.550. The number of hydrogen-bond acceptors (Lipinski definition) is 2. The average molecular weight is 240 g/mol. The largest absolute Gasteiger partial charge is 0.299 e. The standard InChI is InChI=1S/C9H4BClF2N2O/c10-4-1-2-5-6(7(11)16)14-9(8(12)13)15(5)3-4/h1-3,8H. The highest BCUT2D eigenvalue weighted by molar-refractivity contribution is 6.68. The van der Waals surface area contributed by atoms with Crippen molar-refractivity contribution in [3.05, 3.63) is 29.8 Å². The van der Waals surface area contributed by atoms with Gasteiger partial charge in [0.05, 0.1) is 5.52 Å². The molecule has 2 aromatic heterocycles. The first-order valence-electron chi connectivity index (χ1n) is 4.26. The van der Waals surface area contributed by atoms with E-state index in [0.29, 0.717) is 5.46 Å². The number of carbonyl (C=O) groups is 1. The van der Waals surface area contributed by atoms with Crippen molar-refractivity contribution in [1.29, 1.82) is 0 Å². The van der Waals surface area contributed by atoms with Crippen LogP contribution in [-0.2, 0) is 0 Å². The van der Waals surface area contributed by atoms with Gasteiger partial charge in [-0.25, -0.2) is 13.8 Å². The number of nitrogens with zero attached hydrogens (tertiary/aromatic N) is 2. The molecule has 0 amide bonds. The van der Waals surface area contributed by atoms with Crippen LogP contribution in [0.1, 0.15) is 22.7 Å². The van der Waals surface area contributed by atoms with Gasteiger partial charge in [0.1, 0.15) is 13.5 Å². The fourth-order valence-corrected chi connectivity index (χ4v) is 1.56. The maximum Gasteiger partial charge on any atom is 0.295 e. The number of rotatable bonds is 2. The number of aromatic nitrogens is 2. The first kappa shape index (κ1) is 11.1. The van der Waals surface area contributed by atoms with Crippen LogP contribution in [0.3, 0.4) is 0 Å². The molecule has 2 rings (SSSR count). The van der Waals surface area contributed by atoms with E-state index < -0.39 is 17.5 Å². The Morgan fingerprint density at radius 3 is 2.75 bits per heavy atom. The third-order valence-corrected chi connectivity index (χ3v) is 2.25. The normalized spacial score (nSPS) is 11.2. The van der Waals surface area contributed by atoms with Crippen LogP contribution in [0.2, 0.25) is 0 Å². The molecule has 0 unspecified atom stereocenters. The summed E-state index contributed by atoms with van der Waals surface area (Å²) in [4.78, 5) is 14.5. The maximum absolute atomic E-state index is 12.6. The second kappa shape index (κ2) is 3.86. The summed E-state index contributed by atoms with van der Waals surface area (Å²) in [6.07, 6.45) is -1.54. The Labute approximate surface area is 95.4 Å². The molecule has 0 spiro atoms. The van der Waals surface area contributed by atoms with E-state index in [0.717, 1.165) is 4.40 Å². The number of carbonyl (C=O) groups excluding carboxylic acids is 1. The second-order valence-electron chi connectivity index (χ2n) is 3.11. The first-order valence-corrected chi connectivity index (χ1v) is 4.64. The summed E-state index contributed by atoms with van der Waals surface area (Å²) in [7, 11) is 5.47. The van der Waals surface area contributed by atoms with Crippen molar-refractivity contribution in [2.75, 3.05) is 0 Å². The molecule has 0 N–H and O–H groups in total. The van der Waals surface area contributed by atoms with Gasteiger partial charge in [0.15, 0.2) is 5.82 Å². The molecule has 2 heterocycles. The van der Waals surface area contributed by atoms with E-state index in [2.05, 4.69) is 4.98 Å². The summed E-state index contributed by atoms with van der Waals surface area (Å²) < 4.78 is 26.3. The van der Waals surface area contributed by atoms with Crippen LogP contribution < -0.4 is 5.46 Å². The fraction of sp³-hybridized carbons (Fsp3) is 0.111. The van der Waals surface area contributed by atoms with Crippen molar-refractivity contribution in [3.63, 3.8) is 0 Å². The van der Waals surface area contributed by atoms with Gasteiger partial charge in [-0.1, -0.05) is 11.5 Å². The molecule has 2 radical (unpaired) electrons. The van der Waals surface area contributed by atoms with Crippen molar-refractivity contribution in [3.8, 4) is 0 Å². The monoisotopic (exact) mass is 240 g/mol. The highest BCUT2D eigenvalue weighted by atomic mass is 35.5. The summed E-state index contributed by atoms with van der Waals surface area (Å²) in [5.41, 5.74) is 0.307. The van der Waals surface area contributed by atoms with Crippen molar-refractivity contribution in [2.45, 2.75) is 6.43 Å². The van der Waals surface area contributed by atoms with Gasteiger partial charge in [-0.15, -0.1) is 0 Å². The molecule has 80 valence electrons. The van der Waals surface area contributed by atoms with Gasteiger partial charge in [-0.05, 0) is 17.7 Å². The SMILES string of the molecule is [B]c1ccc2c(C(=O)Cl)nc(C(F)F)n2c1. The van der Waals surface area contributed by atoms with E-state index >= 15 is 0 Å². The minimum Gasteiger partial charge on any atom is -0.299 e. The Kier molecular flexibility index (Phi) is 2.67. The van der Waals surface area contributed by atoms with Gasteiger partial charge in [-0.3, -0.25) is 9.20 Å². The number of imidazole rings is 1. The molecule has 16 heavy (non-hydrogen) atoms. The third kappa shape index (κ3) is 1.69. The zero-order valence-corrected chi connectivity index (χ0v) is 8.58. The van der Waals surface area contributed by atoms with Gasteiger partial charge in [0.25, 0.3) is 11.7 Å². The van der Waals surface area contributed by atoms with E-state index in [9.17, 15) is 13.6 Å². The predicted octanol–water partition coefficient (Wildman–Crippen LogP) is 1.44. The molecule has 0 aliphatic rings. The van der Waals surface area contributed by atoms with E-state index in [-0.39, 0.29) is 11.2 Å². The molecule has 3 nitrogen and oxygen atoms in total. The molecular weight excluding hydrogens is 236 g/mol. The van der Waals surface area contributed by atoms with Gasteiger partial charge in [0.2, 0.25) is 0 Å². The van der Waals surface area contributed by atoms with Crippen LogP contribution in [0, 0.1) is 0 Å². The summed E-state index contributed by atoms with van der Waals surface area (Å²) in [6, 6.07) is 2.90. The number of pyridine rings is 1. The highest BCUT2D eigenvalue weighted by Crippen LogP contribution is 2.22. The molecular formula is C9H4BClF2N2O. The predicted molar refractivity (Wildman–Crippen MR) is 55.7 cm³/mol. The van der Waals surface area contributed by atoms with Crippen LogP contribution in [0.25, 0.3) is 5.52 Å². The van der Waals surface area contributed by atoms with Crippen LogP contribution in [0.15, 0.2) is 18.3 Å². The second-order valence-corrected chi connectivity index (χ2v) is 3.45. The minimum atomic E-state index is -2.81. The van der Waals surface area contributed by atoms with Crippen LogP contribution in [0.4, 0.5) is 8.78 Å². The summed E-state index contributed by atoms with van der Waals surface area (Å²) in [6.45, 7) is 0. The number of fused-ring (bicyclic) bond motifs is 1. The van der Waals surface area contributed by atoms with Crippen molar-refractivity contribution in [1.82, 2.24) is 9.38 Å². The van der Waals surface area contributed by atoms with Gasteiger partial charge < -0.3 is 0 Å². The highest BCUT2D eigenvalue weighted by Gasteiger charge is 2.21. The quantitative estimate of drug-likeness (QED) is 0.588. The van der Waals surface area contributed by atoms with Crippen LogP contribution in [-0.4, -0.2) is 22.5 Å². The molecule has 0 aliphatic heterocycles. The van der Waals surface area contributed by atoms with Gasteiger partial charge >= 0.3 is 0 Å². The Balaban J connectivity index is 2.81. The van der Waals surface area contributed by atoms with Crippen LogP contribution in [0.5, 0.6) is 0 Å². The Bertz CT molecular complexity index is 570. The van der Waals surface area contributed by atoms with Crippen LogP contribution >= 0.6 is 11.6 Å². The fourth-order valence-electron chi connectivity index (χ4n) is 1.42. The van der Waals surface area contributed by atoms with E-state index in [1.54, 1.807) is 0 Å². The molecule has 2 aromatic rings. The lowest BCUT2D eigenvalue weighted by Crippen LogP contribution is -2.06. The Hall–Kier alpha value is -1.43. The molecule has 0 aliphatic carbocycles. The molecule has 0 saturated carbocycles. The number of alkyl halides is 2. The van der Waals surface area contributed by atoms with Crippen molar-refractivity contribution >= 4 is 35.7 Å². The molecule has 0 atom stereocenters. The zero-order valence-electron chi connectivity index (χ0n) is 7.82. The van der Waals surface area contributed by atoms with Crippen molar-refractivity contribution < 1.29 is 13.6 Å². The van der Waals surface area contributed by atoms with Gasteiger partial charge in [-0.2, -0.15) is 0 Å². The average Bonchev–Trinajstić information content (AvgIpc) is 2.56. The molecule has 0 aromatic carbocycles. The van der Waals surface area contributed by atoms with Gasteiger partial charge in [0, 0.05) is 6.20 Å². The summed E-state index contributed by atoms with van der Waals surface area (Å²) >= 11 is 5.25. The minimum absolute atomic E-state index is 0.197. The van der Waals surface area contributed by atoms with E-state index in [1.807, 2.05) is 0 Å². The first-order chi connectivity index (χ1) is 7.50. The maximum atomic E-state index is 12.6. The Morgan fingerprint density at radius 2 is 2.19 bits per heavy atom. The Morgan fingerprint density at radius 1 is 1.50 bits per heavy atom. The third-order valence-electron chi connectivity index (χ3n) is 2.07. The van der Waals surface area contributed by atoms with E-state index in [4.69, 9.17) is 19.4 Å². The van der Waals surface area contributed by atoms with Crippen molar-refractivity contribution in [2.24, 2.45) is 0 Å². The smallest absolute Gasteiger partial charge is 0.295 e. The van der Waals surface area contributed by atoms with E-state index in [1.165, 1.54) is 18.3 Å².